The van der Waals surface area contributed by atoms with Crippen molar-refractivity contribution in [2.45, 2.75) is 32.9 Å². The Labute approximate surface area is 177 Å². The van der Waals surface area contributed by atoms with E-state index in [1.807, 2.05) is 20.8 Å². The van der Waals surface area contributed by atoms with E-state index in [1.165, 1.54) is 6.07 Å². The van der Waals surface area contributed by atoms with Crippen molar-refractivity contribution in [1.82, 2.24) is 15.1 Å². The van der Waals surface area contributed by atoms with Crippen LogP contribution in [0.15, 0.2) is 28.8 Å². The third kappa shape index (κ3) is 5.05. The van der Waals surface area contributed by atoms with Gasteiger partial charge in [0.25, 0.3) is 5.89 Å². The number of nitrogens with two attached hydrogens (primary N) is 1. The minimum atomic E-state index is -0.671. The first-order valence-corrected chi connectivity index (χ1v) is 9.63. The van der Waals surface area contributed by atoms with Gasteiger partial charge < -0.3 is 24.8 Å². The molecule has 2 aromatic heterocycles. The van der Waals surface area contributed by atoms with E-state index in [2.05, 4.69) is 15.1 Å². The summed E-state index contributed by atoms with van der Waals surface area (Å²) in [5.41, 5.74) is 6.92. The van der Waals surface area contributed by atoms with Crippen LogP contribution in [0.5, 0.6) is 11.5 Å². The Morgan fingerprint density at radius 2 is 2.00 bits per heavy atom. The molecule has 3 aromatic rings. The van der Waals surface area contributed by atoms with Gasteiger partial charge in [0.05, 0.1) is 29.5 Å². The summed E-state index contributed by atoms with van der Waals surface area (Å²) in [7, 11) is 0. The largest absolute Gasteiger partial charge is 0.489 e. The van der Waals surface area contributed by atoms with Gasteiger partial charge >= 0.3 is 0 Å². The van der Waals surface area contributed by atoms with Gasteiger partial charge in [-0.15, -0.1) is 0 Å². The Morgan fingerprint density at radius 3 is 2.67 bits per heavy atom. The maximum atomic E-state index is 14.4. The molecule has 0 fully saturated rings. The van der Waals surface area contributed by atoms with Crippen molar-refractivity contribution < 1.29 is 23.5 Å². The van der Waals surface area contributed by atoms with Crippen molar-refractivity contribution in [3.63, 3.8) is 0 Å². The average Bonchev–Trinajstić information content (AvgIpc) is 3.19. The number of aryl methyl sites for hydroxylation is 1. The second kappa shape index (κ2) is 9.38. The first-order valence-electron chi connectivity index (χ1n) is 9.25. The van der Waals surface area contributed by atoms with E-state index < -0.39 is 11.9 Å². The monoisotopic (exact) mass is 436 g/mol. The van der Waals surface area contributed by atoms with E-state index in [9.17, 15) is 4.39 Å². The molecule has 1 atom stereocenters. The molecule has 0 saturated carbocycles. The van der Waals surface area contributed by atoms with E-state index in [4.69, 9.17) is 36.4 Å². The predicted octanol–water partition coefficient (Wildman–Crippen LogP) is 3.39. The number of pyridine rings is 1. The summed E-state index contributed by atoms with van der Waals surface area (Å²) in [6.45, 7) is 5.33. The number of ether oxygens (including phenoxy) is 2. The van der Waals surface area contributed by atoms with E-state index in [-0.39, 0.29) is 47.4 Å². The molecule has 30 heavy (non-hydrogen) atoms. The van der Waals surface area contributed by atoms with Crippen molar-refractivity contribution in [2.75, 3.05) is 13.2 Å². The van der Waals surface area contributed by atoms with Crippen LogP contribution in [-0.4, -0.2) is 45.6 Å². The normalized spacial score (nSPS) is 12.3. The van der Waals surface area contributed by atoms with Gasteiger partial charge in [-0.3, -0.25) is 0 Å². The summed E-state index contributed by atoms with van der Waals surface area (Å²) in [5.74, 6) is 0.170. The summed E-state index contributed by atoms with van der Waals surface area (Å²) in [5, 5.41) is 13.0. The number of halogens is 2. The van der Waals surface area contributed by atoms with Crippen LogP contribution in [0, 0.1) is 12.7 Å². The molecular weight excluding hydrogens is 415 g/mol. The van der Waals surface area contributed by atoms with Crippen molar-refractivity contribution >= 4 is 11.6 Å². The number of hydrogen-bond acceptors (Lipinski definition) is 8. The maximum Gasteiger partial charge on any atom is 0.276 e. The summed E-state index contributed by atoms with van der Waals surface area (Å²) < 4.78 is 30.6. The molecule has 0 amide bonds. The fourth-order valence-corrected chi connectivity index (χ4v) is 2.78. The molecule has 2 heterocycles. The number of aliphatic hydroxyl groups excluding tert-OH is 1. The SMILES string of the molecule is Cc1nc(-c2nc(-c3cc(F)c(OC[C@@H](N)CO)cc3Cl)no2)ccc1OC(C)C. The van der Waals surface area contributed by atoms with Crippen LogP contribution in [-0.2, 0) is 0 Å². The third-order valence-electron chi connectivity index (χ3n) is 4.00. The standard InChI is InChI=1S/C20H22ClFN4O4/c1-10(2)29-17-5-4-16(24-11(17)3)20-25-19(26-30-20)13-6-15(22)18(7-14(13)21)28-9-12(23)8-27/h4-7,10,12,27H,8-9,23H2,1-3H3/t12-/m0/s1. The molecule has 0 unspecified atom stereocenters. The number of nitrogens with zero attached hydrogens (tertiary/aromatic N) is 3. The van der Waals surface area contributed by atoms with Gasteiger partial charge in [-0.25, -0.2) is 9.37 Å². The zero-order valence-corrected chi connectivity index (χ0v) is 17.5. The molecule has 0 aliphatic rings. The molecule has 0 saturated heterocycles. The smallest absolute Gasteiger partial charge is 0.276 e. The lowest BCUT2D eigenvalue weighted by Crippen LogP contribution is -2.31. The van der Waals surface area contributed by atoms with Gasteiger partial charge in [-0.1, -0.05) is 16.8 Å². The highest BCUT2D eigenvalue weighted by atomic mass is 35.5. The summed E-state index contributed by atoms with van der Waals surface area (Å²) >= 11 is 6.25. The molecule has 0 bridgehead atoms. The van der Waals surface area contributed by atoms with Crippen LogP contribution in [0.1, 0.15) is 19.5 Å². The van der Waals surface area contributed by atoms with Crippen LogP contribution >= 0.6 is 11.6 Å². The fraction of sp³-hybridized carbons (Fsp3) is 0.350. The van der Waals surface area contributed by atoms with Crippen LogP contribution in [0.25, 0.3) is 23.0 Å². The lowest BCUT2D eigenvalue weighted by Gasteiger charge is -2.12. The van der Waals surface area contributed by atoms with Gasteiger partial charge in [-0.05, 0) is 39.0 Å². The highest BCUT2D eigenvalue weighted by molar-refractivity contribution is 6.33. The van der Waals surface area contributed by atoms with E-state index in [0.29, 0.717) is 17.1 Å². The van der Waals surface area contributed by atoms with E-state index in [0.717, 1.165) is 6.07 Å². The Hall–Kier alpha value is -2.75. The second-order valence-corrected chi connectivity index (χ2v) is 7.29. The summed E-state index contributed by atoms with van der Waals surface area (Å²) in [6.07, 6.45) is 0.0229. The third-order valence-corrected chi connectivity index (χ3v) is 4.31. The Balaban J connectivity index is 1.84. The van der Waals surface area contributed by atoms with Gasteiger partial charge in [0, 0.05) is 11.6 Å². The van der Waals surface area contributed by atoms with Crippen molar-refractivity contribution in [2.24, 2.45) is 5.73 Å². The molecular formula is C20H22ClFN4O4. The van der Waals surface area contributed by atoms with Gasteiger partial charge in [-0.2, -0.15) is 4.98 Å². The summed E-state index contributed by atoms with van der Waals surface area (Å²) in [4.78, 5) is 8.70. The molecule has 3 rings (SSSR count). The number of hydrogen-bond donors (Lipinski definition) is 2. The predicted molar refractivity (Wildman–Crippen MR) is 109 cm³/mol. The average molecular weight is 437 g/mol. The summed E-state index contributed by atoms with van der Waals surface area (Å²) in [6, 6.07) is 5.29. The zero-order chi connectivity index (χ0) is 21.8. The van der Waals surface area contributed by atoms with Crippen LogP contribution in [0.3, 0.4) is 0 Å². The second-order valence-electron chi connectivity index (χ2n) is 6.89. The quantitative estimate of drug-likeness (QED) is 0.552. The lowest BCUT2D eigenvalue weighted by molar-refractivity contribution is 0.202. The lowest BCUT2D eigenvalue weighted by atomic mass is 10.2. The number of benzene rings is 1. The zero-order valence-electron chi connectivity index (χ0n) is 16.7. The molecule has 0 spiro atoms. The first kappa shape index (κ1) is 21.9. The molecule has 0 aliphatic carbocycles. The number of aromatic nitrogens is 3. The van der Waals surface area contributed by atoms with E-state index in [1.54, 1.807) is 12.1 Å². The topological polar surface area (TPSA) is 117 Å². The molecule has 1 aromatic carbocycles. The van der Waals surface area contributed by atoms with Crippen LogP contribution in [0.2, 0.25) is 5.02 Å². The maximum absolute atomic E-state index is 14.4. The minimum Gasteiger partial charge on any atom is -0.489 e. The van der Waals surface area contributed by atoms with Gasteiger partial charge in [0.1, 0.15) is 18.1 Å². The fourth-order valence-electron chi connectivity index (χ4n) is 2.54. The molecule has 160 valence electrons. The molecule has 10 heteroatoms. The van der Waals surface area contributed by atoms with Crippen molar-refractivity contribution in [3.05, 3.63) is 40.8 Å². The van der Waals surface area contributed by atoms with Crippen LogP contribution in [0.4, 0.5) is 4.39 Å². The Kier molecular flexibility index (Phi) is 6.86. The Bertz CT molecular complexity index is 1030. The highest BCUT2D eigenvalue weighted by Gasteiger charge is 2.19. The van der Waals surface area contributed by atoms with Gasteiger partial charge in [0.15, 0.2) is 11.6 Å². The highest BCUT2D eigenvalue weighted by Crippen LogP contribution is 2.33. The Morgan fingerprint density at radius 1 is 1.23 bits per heavy atom. The van der Waals surface area contributed by atoms with Crippen molar-refractivity contribution in [1.29, 1.82) is 0 Å². The minimum absolute atomic E-state index is 0.0229. The molecule has 0 radical (unpaired) electrons. The van der Waals surface area contributed by atoms with Crippen LogP contribution < -0.4 is 15.2 Å². The van der Waals surface area contributed by atoms with E-state index >= 15 is 0 Å². The molecule has 8 nitrogen and oxygen atoms in total. The van der Waals surface area contributed by atoms with Gasteiger partial charge in [0.2, 0.25) is 5.82 Å². The van der Waals surface area contributed by atoms with Crippen molar-refractivity contribution in [3.8, 4) is 34.5 Å². The number of rotatable bonds is 8. The number of aliphatic hydroxyl groups is 1. The molecule has 3 N–H and O–H groups in total. The first-order chi connectivity index (χ1) is 14.3. The molecule has 0 aliphatic heterocycles.